The second-order valence-electron chi connectivity index (χ2n) is 9.05. The molecule has 10 heteroatoms. The Labute approximate surface area is 196 Å². The average molecular weight is 491 g/mol. The first-order chi connectivity index (χ1) is 15.4. The minimum absolute atomic E-state index is 0.0493. The third-order valence-corrected chi connectivity index (χ3v) is 7.51. The molecule has 0 unspecified atom stereocenters. The largest absolute Gasteiger partial charge is 0.319 e. The Hall–Kier alpha value is -2.75. The summed E-state index contributed by atoms with van der Waals surface area (Å²) in [5.74, 6) is -1.91. The zero-order valence-electron chi connectivity index (χ0n) is 18.4. The van der Waals surface area contributed by atoms with Crippen LogP contribution in [0.1, 0.15) is 26.3 Å². The van der Waals surface area contributed by atoms with Crippen molar-refractivity contribution in [1.82, 2.24) is 9.78 Å². The summed E-state index contributed by atoms with van der Waals surface area (Å²) in [7, 11) is -4.01. The molecule has 33 heavy (non-hydrogen) atoms. The SMILES string of the molecule is CC(C)(C)n1ccc(-c2cc3c(cc2F)S(=O)(=O)C[C@H](N)C(=O)N3Cc2ccc(Cl)cc2)n1. The molecule has 2 N–H and O–H groups in total. The van der Waals surface area contributed by atoms with Gasteiger partial charge in [0.05, 0.1) is 40.2 Å². The van der Waals surface area contributed by atoms with Gasteiger partial charge in [-0.1, -0.05) is 23.7 Å². The lowest BCUT2D eigenvalue weighted by Gasteiger charge is -2.25. The van der Waals surface area contributed by atoms with E-state index in [4.69, 9.17) is 17.3 Å². The molecule has 2 aromatic carbocycles. The second kappa shape index (κ2) is 8.23. The normalized spacial score (nSPS) is 18.2. The Balaban J connectivity index is 1.89. The number of amides is 1. The van der Waals surface area contributed by atoms with E-state index in [-0.39, 0.29) is 28.2 Å². The lowest BCUT2D eigenvalue weighted by atomic mass is 10.1. The van der Waals surface area contributed by atoms with Crippen LogP contribution in [0.3, 0.4) is 0 Å². The number of carbonyl (C=O) groups is 1. The Morgan fingerprint density at radius 1 is 1.18 bits per heavy atom. The van der Waals surface area contributed by atoms with Crippen molar-refractivity contribution in [2.75, 3.05) is 10.7 Å². The van der Waals surface area contributed by atoms with Crippen LogP contribution >= 0.6 is 11.6 Å². The number of hydrogen-bond acceptors (Lipinski definition) is 5. The maximum atomic E-state index is 15.2. The molecule has 4 rings (SSSR count). The van der Waals surface area contributed by atoms with E-state index in [9.17, 15) is 13.2 Å². The van der Waals surface area contributed by atoms with Gasteiger partial charge in [-0.05, 0) is 56.7 Å². The predicted octanol–water partition coefficient (Wildman–Crippen LogP) is 3.75. The van der Waals surface area contributed by atoms with Gasteiger partial charge in [0, 0.05) is 16.8 Å². The van der Waals surface area contributed by atoms with Crippen LogP contribution in [0, 0.1) is 5.82 Å². The molecule has 1 aliphatic rings. The fraction of sp³-hybridized carbons (Fsp3) is 0.304. The highest BCUT2D eigenvalue weighted by molar-refractivity contribution is 7.91. The molecule has 0 radical (unpaired) electrons. The third-order valence-electron chi connectivity index (χ3n) is 5.46. The van der Waals surface area contributed by atoms with Crippen molar-refractivity contribution in [3.05, 3.63) is 65.1 Å². The number of fused-ring (bicyclic) bond motifs is 1. The van der Waals surface area contributed by atoms with Gasteiger partial charge in [0.15, 0.2) is 9.84 Å². The van der Waals surface area contributed by atoms with Gasteiger partial charge >= 0.3 is 0 Å². The fourth-order valence-electron chi connectivity index (χ4n) is 3.69. The number of rotatable bonds is 3. The lowest BCUT2D eigenvalue weighted by molar-refractivity contribution is -0.119. The van der Waals surface area contributed by atoms with E-state index in [0.717, 1.165) is 6.07 Å². The van der Waals surface area contributed by atoms with Crippen molar-refractivity contribution in [2.45, 2.75) is 43.8 Å². The van der Waals surface area contributed by atoms with Gasteiger partial charge in [-0.2, -0.15) is 5.10 Å². The van der Waals surface area contributed by atoms with Gasteiger partial charge in [-0.3, -0.25) is 9.48 Å². The van der Waals surface area contributed by atoms with E-state index in [2.05, 4.69) is 5.10 Å². The van der Waals surface area contributed by atoms with Crippen molar-refractivity contribution in [3.8, 4) is 11.3 Å². The Morgan fingerprint density at radius 2 is 1.85 bits per heavy atom. The molecule has 1 aromatic heterocycles. The molecule has 2 heterocycles. The Bertz CT molecular complexity index is 1330. The molecule has 0 spiro atoms. The molecule has 7 nitrogen and oxygen atoms in total. The number of sulfone groups is 1. The van der Waals surface area contributed by atoms with Crippen LogP contribution in [0.2, 0.25) is 5.02 Å². The van der Waals surface area contributed by atoms with Crippen LogP contribution in [0.25, 0.3) is 11.3 Å². The van der Waals surface area contributed by atoms with Crippen LogP contribution in [-0.4, -0.2) is 35.9 Å². The standard InChI is InChI=1S/C23H24ClFN4O3S/c1-23(2,3)29-9-8-19(27-29)16-10-20-21(11-17(16)25)33(31,32)13-18(26)22(30)28(20)12-14-4-6-15(24)7-5-14/h4-11,18H,12-13,26H2,1-3H3/t18-/m0/s1. The van der Waals surface area contributed by atoms with Gasteiger partial charge < -0.3 is 10.6 Å². The fourth-order valence-corrected chi connectivity index (χ4v) is 5.38. The highest BCUT2D eigenvalue weighted by atomic mass is 35.5. The molecular formula is C23H24ClFN4O3S. The van der Waals surface area contributed by atoms with E-state index in [0.29, 0.717) is 16.3 Å². The van der Waals surface area contributed by atoms with Gasteiger partial charge in [0.25, 0.3) is 0 Å². The second-order valence-corrected chi connectivity index (χ2v) is 11.5. The number of nitrogens with zero attached hydrogens (tertiary/aromatic N) is 3. The maximum Gasteiger partial charge on any atom is 0.245 e. The molecule has 0 aliphatic carbocycles. The number of nitrogens with two attached hydrogens (primary N) is 1. The minimum atomic E-state index is -4.01. The quantitative estimate of drug-likeness (QED) is 0.603. The first-order valence-electron chi connectivity index (χ1n) is 10.3. The van der Waals surface area contributed by atoms with E-state index < -0.39 is 33.4 Å². The molecule has 0 saturated heterocycles. The number of benzene rings is 2. The first kappa shape index (κ1) is 23.4. The number of carbonyl (C=O) groups excluding carboxylic acids is 1. The van der Waals surface area contributed by atoms with Crippen molar-refractivity contribution in [3.63, 3.8) is 0 Å². The Kier molecular flexibility index (Phi) is 5.84. The summed E-state index contributed by atoms with van der Waals surface area (Å²) in [5.41, 5.74) is 6.82. The minimum Gasteiger partial charge on any atom is -0.319 e. The summed E-state index contributed by atoms with van der Waals surface area (Å²) >= 11 is 5.96. The Morgan fingerprint density at radius 3 is 2.45 bits per heavy atom. The van der Waals surface area contributed by atoms with Crippen LogP contribution in [0.4, 0.5) is 10.1 Å². The zero-order valence-corrected chi connectivity index (χ0v) is 20.0. The van der Waals surface area contributed by atoms with Crippen LogP contribution in [0.5, 0.6) is 0 Å². The molecule has 1 atom stereocenters. The average Bonchev–Trinajstić information content (AvgIpc) is 3.21. The summed E-state index contributed by atoms with van der Waals surface area (Å²) in [6, 6.07) is 9.50. The van der Waals surface area contributed by atoms with Crippen LogP contribution in [-0.2, 0) is 26.7 Å². The number of anilines is 1. The molecule has 1 aliphatic heterocycles. The van der Waals surface area contributed by atoms with Gasteiger partial charge in [0.2, 0.25) is 5.91 Å². The topological polar surface area (TPSA) is 98.3 Å². The zero-order chi connectivity index (χ0) is 24.1. The molecular weight excluding hydrogens is 467 g/mol. The van der Waals surface area contributed by atoms with E-state index >= 15 is 4.39 Å². The van der Waals surface area contributed by atoms with E-state index in [1.165, 1.54) is 11.0 Å². The summed E-state index contributed by atoms with van der Waals surface area (Å²) in [6.45, 7) is 5.92. The van der Waals surface area contributed by atoms with E-state index in [1.807, 2.05) is 20.8 Å². The van der Waals surface area contributed by atoms with Gasteiger partial charge in [-0.15, -0.1) is 0 Å². The molecule has 0 bridgehead atoms. The van der Waals surface area contributed by atoms with Crippen molar-refractivity contribution >= 4 is 33.0 Å². The number of hydrogen-bond donors (Lipinski definition) is 1. The highest BCUT2D eigenvalue weighted by Crippen LogP contribution is 2.37. The summed E-state index contributed by atoms with van der Waals surface area (Å²) in [4.78, 5) is 14.2. The predicted molar refractivity (Wildman–Crippen MR) is 125 cm³/mol. The van der Waals surface area contributed by atoms with E-state index in [1.54, 1.807) is 41.2 Å². The highest BCUT2D eigenvalue weighted by Gasteiger charge is 2.37. The molecule has 174 valence electrons. The van der Waals surface area contributed by atoms with Crippen LogP contribution in [0.15, 0.2) is 53.6 Å². The summed E-state index contributed by atoms with van der Waals surface area (Å²) < 4.78 is 42.8. The van der Waals surface area contributed by atoms with Gasteiger partial charge in [-0.25, -0.2) is 12.8 Å². The lowest BCUT2D eigenvalue weighted by Crippen LogP contribution is -2.45. The molecule has 3 aromatic rings. The molecule has 0 fully saturated rings. The van der Waals surface area contributed by atoms with Gasteiger partial charge in [0.1, 0.15) is 5.82 Å². The van der Waals surface area contributed by atoms with Crippen molar-refractivity contribution < 1.29 is 17.6 Å². The van der Waals surface area contributed by atoms with Crippen LogP contribution < -0.4 is 10.6 Å². The molecule has 0 saturated carbocycles. The number of halogens is 2. The first-order valence-corrected chi connectivity index (χ1v) is 12.3. The van der Waals surface area contributed by atoms with Crippen molar-refractivity contribution in [1.29, 1.82) is 0 Å². The molecule has 1 amide bonds. The monoisotopic (exact) mass is 490 g/mol. The summed E-state index contributed by atoms with van der Waals surface area (Å²) in [5, 5.41) is 4.99. The van der Waals surface area contributed by atoms with Crippen molar-refractivity contribution in [2.24, 2.45) is 5.73 Å². The smallest absolute Gasteiger partial charge is 0.245 e. The third kappa shape index (κ3) is 4.53. The summed E-state index contributed by atoms with van der Waals surface area (Å²) in [6.07, 6.45) is 1.73. The maximum absolute atomic E-state index is 15.2. The number of aromatic nitrogens is 2.